The van der Waals surface area contributed by atoms with Crippen LogP contribution >= 0.6 is 0 Å². The van der Waals surface area contributed by atoms with Crippen molar-refractivity contribution in [3.8, 4) is 17.1 Å². The average Bonchev–Trinajstić information content (AvgIpc) is 3.69. The van der Waals surface area contributed by atoms with Gasteiger partial charge in [-0.3, -0.25) is 4.57 Å². The Hall–Kier alpha value is -6.19. The first-order chi connectivity index (χ1) is 24.2. The van der Waals surface area contributed by atoms with Crippen molar-refractivity contribution >= 4 is 60.0 Å². The highest BCUT2D eigenvalue weighted by atomic mass is 15.1. The topological polar surface area (TPSA) is 22.8 Å². The number of fused-ring (bicyclic) bond motifs is 9. The van der Waals surface area contributed by atoms with Crippen LogP contribution in [0.25, 0.3) is 77.0 Å². The number of nitrogens with zero attached hydrogens (tertiary/aromatic N) is 3. The lowest BCUT2D eigenvalue weighted by atomic mass is 9.99. The van der Waals surface area contributed by atoms with Crippen LogP contribution in [-0.2, 0) is 0 Å². The molecule has 9 rings (SSSR count). The zero-order valence-electron chi connectivity index (χ0n) is 27.6. The molecule has 1 unspecified atom stereocenters. The van der Waals surface area contributed by atoms with E-state index in [2.05, 4.69) is 187 Å². The summed E-state index contributed by atoms with van der Waals surface area (Å²) < 4.78 is 4.81. The summed E-state index contributed by atoms with van der Waals surface area (Å²) in [5, 5.41) is 7.59. The van der Waals surface area contributed by atoms with E-state index >= 15 is 0 Å². The maximum atomic E-state index is 5.18. The van der Waals surface area contributed by atoms with Gasteiger partial charge in [0.25, 0.3) is 0 Å². The molecule has 0 amide bonds. The summed E-state index contributed by atoms with van der Waals surface area (Å²) in [6, 6.07) is 54.3. The first-order valence-electron chi connectivity index (χ1n) is 17.0. The zero-order chi connectivity index (χ0) is 32.9. The SMILES string of the molecule is C/C(=C\C=C/C(C)n1c2ccccc2c2c3ccc4c(c3ccc21)c1ccccc1n4-c1cccc(-c2ccccc2)n1)c1ccccc1. The second-order valence-electron chi connectivity index (χ2n) is 12.8. The fraction of sp³-hybridized carbons (Fsp3) is 0.0652. The Labute approximate surface area is 285 Å². The monoisotopic (exact) mass is 629 g/mol. The number of benzene rings is 6. The van der Waals surface area contributed by atoms with Gasteiger partial charge in [-0.25, -0.2) is 4.98 Å². The molecule has 9 aromatic rings. The van der Waals surface area contributed by atoms with Crippen molar-refractivity contribution in [3.63, 3.8) is 0 Å². The molecule has 1 atom stereocenters. The molecule has 3 nitrogen and oxygen atoms in total. The highest BCUT2D eigenvalue weighted by Crippen LogP contribution is 2.42. The van der Waals surface area contributed by atoms with Crippen molar-refractivity contribution < 1.29 is 0 Å². The second kappa shape index (κ2) is 11.8. The minimum atomic E-state index is 0.160. The Balaban J connectivity index is 1.24. The van der Waals surface area contributed by atoms with Gasteiger partial charge in [-0.2, -0.15) is 0 Å². The molecule has 0 N–H and O–H groups in total. The maximum absolute atomic E-state index is 5.18. The van der Waals surface area contributed by atoms with Crippen molar-refractivity contribution in [1.82, 2.24) is 14.1 Å². The van der Waals surface area contributed by atoms with E-state index < -0.39 is 0 Å². The minimum Gasteiger partial charge on any atom is -0.334 e. The molecular formula is C46H35N3. The minimum absolute atomic E-state index is 0.160. The first-order valence-corrected chi connectivity index (χ1v) is 17.0. The molecule has 49 heavy (non-hydrogen) atoms. The van der Waals surface area contributed by atoms with Crippen LogP contribution in [0, 0.1) is 0 Å². The number of hydrogen-bond acceptors (Lipinski definition) is 1. The summed E-state index contributed by atoms with van der Waals surface area (Å²) in [6.45, 7) is 4.45. The number of pyridine rings is 1. The van der Waals surface area contributed by atoms with Gasteiger partial charge < -0.3 is 4.57 Å². The summed E-state index contributed by atoms with van der Waals surface area (Å²) in [5.41, 5.74) is 9.38. The van der Waals surface area contributed by atoms with Gasteiger partial charge in [0, 0.05) is 38.7 Å². The van der Waals surface area contributed by atoms with Crippen LogP contribution in [0.15, 0.2) is 170 Å². The van der Waals surface area contributed by atoms with Crippen LogP contribution in [0.3, 0.4) is 0 Å². The lowest BCUT2D eigenvalue weighted by Crippen LogP contribution is -2.01. The lowest BCUT2D eigenvalue weighted by molar-refractivity contribution is 0.710. The first kappa shape index (κ1) is 29.0. The fourth-order valence-electron chi connectivity index (χ4n) is 7.62. The molecule has 0 bridgehead atoms. The molecule has 3 aromatic heterocycles. The van der Waals surface area contributed by atoms with Crippen molar-refractivity contribution in [2.45, 2.75) is 19.9 Å². The van der Waals surface area contributed by atoms with Gasteiger partial charge >= 0.3 is 0 Å². The maximum Gasteiger partial charge on any atom is 0.138 e. The smallest absolute Gasteiger partial charge is 0.138 e. The molecule has 0 aliphatic rings. The fourth-order valence-corrected chi connectivity index (χ4v) is 7.62. The average molecular weight is 630 g/mol. The van der Waals surface area contributed by atoms with Gasteiger partial charge in [0.2, 0.25) is 0 Å². The Bertz CT molecular complexity index is 2730. The Morgan fingerprint density at radius 2 is 1.16 bits per heavy atom. The van der Waals surface area contributed by atoms with Crippen LogP contribution in [-0.4, -0.2) is 14.1 Å². The largest absolute Gasteiger partial charge is 0.334 e. The molecule has 0 spiro atoms. The number of allylic oxidation sites excluding steroid dienone is 4. The second-order valence-corrected chi connectivity index (χ2v) is 12.8. The van der Waals surface area contributed by atoms with Crippen LogP contribution in [0.5, 0.6) is 0 Å². The van der Waals surface area contributed by atoms with E-state index in [1.165, 1.54) is 54.5 Å². The highest BCUT2D eigenvalue weighted by molar-refractivity contribution is 6.29. The Kier molecular flexibility index (Phi) is 6.98. The molecule has 6 aromatic carbocycles. The third-order valence-electron chi connectivity index (χ3n) is 9.91. The molecule has 3 heterocycles. The van der Waals surface area contributed by atoms with Crippen molar-refractivity contribution in [3.05, 3.63) is 175 Å². The molecular weight excluding hydrogens is 595 g/mol. The van der Waals surface area contributed by atoms with E-state index in [1.54, 1.807) is 0 Å². The number of aromatic nitrogens is 3. The Morgan fingerprint density at radius 3 is 1.92 bits per heavy atom. The molecule has 234 valence electrons. The third-order valence-corrected chi connectivity index (χ3v) is 9.91. The van der Waals surface area contributed by atoms with Crippen LogP contribution in [0.2, 0.25) is 0 Å². The predicted molar refractivity (Wildman–Crippen MR) is 208 cm³/mol. The lowest BCUT2D eigenvalue weighted by Gasteiger charge is -2.13. The van der Waals surface area contributed by atoms with Gasteiger partial charge in [0.1, 0.15) is 5.82 Å². The van der Waals surface area contributed by atoms with Crippen LogP contribution < -0.4 is 0 Å². The van der Waals surface area contributed by atoms with E-state index in [0.717, 1.165) is 28.1 Å². The highest BCUT2D eigenvalue weighted by Gasteiger charge is 2.20. The normalized spacial score (nSPS) is 13.1. The summed E-state index contributed by atoms with van der Waals surface area (Å²) in [5.74, 6) is 0.918. The van der Waals surface area contributed by atoms with Gasteiger partial charge in [-0.05, 0) is 72.2 Å². The summed E-state index contributed by atoms with van der Waals surface area (Å²) in [6.07, 6.45) is 6.72. The van der Waals surface area contributed by atoms with Crippen molar-refractivity contribution in [1.29, 1.82) is 0 Å². The van der Waals surface area contributed by atoms with Crippen molar-refractivity contribution in [2.75, 3.05) is 0 Å². The van der Waals surface area contributed by atoms with E-state index in [1.807, 2.05) is 6.07 Å². The van der Waals surface area contributed by atoms with Gasteiger partial charge in [0.05, 0.1) is 22.2 Å². The Morgan fingerprint density at radius 1 is 0.551 bits per heavy atom. The zero-order valence-corrected chi connectivity index (χ0v) is 27.6. The van der Waals surface area contributed by atoms with E-state index in [-0.39, 0.29) is 6.04 Å². The predicted octanol–water partition coefficient (Wildman–Crippen LogP) is 12.3. The summed E-state index contributed by atoms with van der Waals surface area (Å²) >= 11 is 0. The van der Waals surface area contributed by atoms with Gasteiger partial charge in [-0.1, -0.05) is 133 Å². The van der Waals surface area contributed by atoms with Crippen LogP contribution in [0.4, 0.5) is 0 Å². The van der Waals surface area contributed by atoms with E-state index in [4.69, 9.17) is 4.98 Å². The van der Waals surface area contributed by atoms with Gasteiger partial charge in [-0.15, -0.1) is 0 Å². The molecule has 0 aliphatic heterocycles. The van der Waals surface area contributed by atoms with E-state index in [9.17, 15) is 0 Å². The molecule has 0 fully saturated rings. The summed E-state index contributed by atoms with van der Waals surface area (Å²) in [7, 11) is 0. The molecule has 3 heteroatoms. The number of para-hydroxylation sites is 2. The molecule has 0 aliphatic carbocycles. The molecule has 0 saturated carbocycles. The molecule has 0 radical (unpaired) electrons. The van der Waals surface area contributed by atoms with Gasteiger partial charge in [0.15, 0.2) is 0 Å². The summed E-state index contributed by atoms with van der Waals surface area (Å²) in [4.78, 5) is 5.18. The third kappa shape index (κ3) is 4.77. The van der Waals surface area contributed by atoms with E-state index in [0.29, 0.717) is 0 Å². The quantitative estimate of drug-likeness (QED) is 0.168. The number of hydrogen-bond donors (Lipinski definition) is 0. The standard InChI is InChI=1S/C46H35N3/c1-31(33-17-5-3-6-18-33)15-13-16-32(2)48-40-24-11-9-21-37(40)45-35-28-30-43-46(36(35)27-29-42(45)48)38-22-10-12-25-41(38)49(43)44-26-14-23-39(47-44)34-19-7-4-8-20-34/h3-30,32H,1-2H3/b16-13-,31-15+. The van der Waals surface area contributed by atoms with Crippen LogP contribution in [0.1, 0.15) is 25.5 Å². The number of rotatable bonds is 6. The van der Waals surface area contributed by atoms with Crippen molar-refractivity contribution in [2.24, 2.45) is 0 Å². The molecule has 0 saturated heterocycles.